The van der Waals surface area contributed by atoms with Crippen molar-refractivity contribution in [3.8, 4) is 0 Å². The number of carbonyl (C=O) groups excluding carboxylic acids is 1. The molecule has 0 aromatic heterocycles. The van der Waals surface area contributed by atoms with Crippen LogP contribution in [0.1, 0.15) is 6.42 Å². The Morgan fingerprint density at radius 2 is 1.83 bits per heavy atom. The number of hydrogen-bond acceptors (Lipinski definition) is 5. The lowest BCUT2D eigenvalue weighted by Gasteiger charge is -2.16. The summed E-state index contributed by atoms with van der Waals surface area (Å²) < 4.78 is 0. The molecule has 0 bridgehead atoms. The Balaban J connectivity index is 3.86. The van der Waals surface area contributed by atoms with Crippen LogP contribution in [0.2, 0.25) is 0 Å². The monoisotopic (exact) mass is 198 g/mol. The van der Waals surface area contributed by atoms with Crippen LogP contribution in [0.25, 0.3) is 0 Å². The topological polar surface area (TPSA) is 98.0 Å². The number of hydrogen-bond donors (Lipinski definition) is 4. The molecule has 72 valence electrons. The molecule has 0 spiro atoms. The standard InChI is InChI=1S/C6H11ClO5/c7-6(12)5(11)4(10)1-3(9)2-8/h3-5,8-11H,1-2H2/t3-,4-,5+/m0/s1. The molecule has 0 aromatic carbocycles. The van der Waals surface area contributed by atoms with E-state index in [2.05, 4.69) is 0 Å². The minimum absolute atomic E-state index is 0.296. The predicted molar refractivity (Wildman–Crippen MR) is 40.6 cm³/mol. The van der Waals surface area contributed by atoms with Crippen LogP contribution >= 0.6 is 11.6 Å². The number of rotatable bonds is 5. The van der Waals surface area contributed by atoms with E-state index < -0.39 is 30.2 Å². The van der Waals surface area contributed by atoms with Crippen LogP contribution in [-0.4, -0.2) is 50.6 Å². The molecular formula is C6H11ClO5. The highest BCUT2D eigenvalue weighted by Gasteiger charge is 2.24. The van der Waals surface area contributed by atoms with Gasteiger partial charge in [-0.3, -0.25) is 4.79 Å². The van der Waals surface area contributed by atoms with Gasteiger partial charge < -0.3 is 20.4 Å². The molecule has 0 amide bonds. The van der Waals surface area contributed by atoms with Gasteiger partial charge in [-0.1, -0.05) is 0 Å². The van der Waals surface area contributed by atoms with E-state index in [4.69, 9.17) is 32.0 Å². The molecular weight excluding hydrogens is 188 g/mol. The maximum atomic E-state index is 10.3. The van der Waals surface area contributed by atoms with E-state index >= 15 is 0 Å². The minimum atomic E-state index is -1.71. The molecule has 0 radical (unpaired) electrons. The molecule has 0 unspecified atom stereocenters. The molecule has 3 atom stereocenters. The summed E-state index contributed by atoms with van der Waals surface area (Å²) in [4.78, 5) is 10.3. The van der Waals surface area contributed by atoms with E-state index in [9.17, 15) is 4.79 Å². The third-order valence-electron chi connectivity index (χ3n) is 1.32. The highest BCUT2D eigenvalue weighted by molar-refractivity contribution is 6.64. The average Bonchev–Trinajstić information content (AvgIpc) is 2.02. The van der Waals surface area contributed by atoms with Crippen molar-refractivity contribution >= 4 is 16.8 Å². The summed E-state index contributed by atoms with van der Waals surface area (Å²) in [6, 6.07) is 0. The minimum Gasteiger partial charge on any atom is -0.394 e. The van der Waals surface area contributed by atoms with Gasteiger partial charge in [-0.15, -0.1) is 0 Å². The molecule has 0 aliphatic heterocycles. The zero-order valence-corrected chi connectivity index (χ0v) is 6.98. The second-order valence-corrected chi connectivity index (χ2v) is 2.76. The van der Waals surface area contributed by atoms with Gasteiger partial charge in [0.2, 0.25) is 0 Å². The summed E-state index contributed by atoms with van der Waals surface area (Å²) in [5.41, 5.74) is 0. The summed E-state index contributed by atoms with van der Waals surface area (Å²) in [5.74, 6) is 0. The first-order chi connectivity index (χ1) is 5.49. The maximum Gasteiger partial charge on any atom is 0.252 e. The van der Waals surface area contributed by atoms with E-state index in [0.717, 1.165) is 0 Å². The summed E-state index contributed by atoms with van der Waals surface area (Å²) in [6.07, 6.45) is -4.62. The Bertz CT molecular complexity index is 151. The molecule has 0 aromatic rings. The van der Waals surface area contributed by atoms with Gasteiger partial charge in [0.1, 0.15) is 0 Å². The lowest BCUT2D eigenvalue weighted by Crippen LogP contribution is -2.35. The highest BCUT2D eigenvalue weighted by atomic mass is 35.5. The van der Waals surface area contributed by atoms with Crippen molar-refractivity contribution in [1.29, 1.82) is 0 Å². The van der Waals surface area contributed by atoms with Crippen molar-refractivity contribution in [2.24, 2.45) is 0 Å². The van der Waals surface area contributed by atoms with Gasteiger partial charge >= 0.3 is 0 Å². The van der Waals surface area contributed by atoms with Gasteiger partial charge in [-0.2, -0.15) is 0 Å². The van der Waals surface area contributed by atoms with Gasteiger partial charge in [0, 0.05) is 6.42 Å². The van der Waals surface area contributed by atoms with Crippen LogP contribution in [0.15, 0.2) is 0 Å². The summed E-state index contributed by atoms with van der Waals surface area (Å²) >= 11 is 4.86. The van der Waals surface area contributed by atoms with Crippen molar-refractivity contribution in [2.45, 2.75) is 24.7 Å². The summed E-state index contributed by atoms with van der Waals surface area (Å²) in [7, 11) is 0. The molecule has 0 saturated carbocycles. The number of aliphatic hydroxyl groups excluding tert-OH is 4. The number of aliphatic hydroxyl groups is 4. The number of halogens is 1. The SMILES string of the molecule is O=C(Cl)[C@H](O)[C@@H](O)C[C@H](O)CO. The molecule has 4 N–H and O–H groups in total. The van der Waals surface area contributed by atoms with Gasteiger partial charge in [-0.25, -0.2) is 0 Å². The number of carbonyl (C=O) groups is 1. The molecule has 0 heterocycles. The third kappa shape index (κ3) is 3.99. The zero-order chi connectivity index (χ0) is 9.72. The van der Waals surface area contributed by atoms with E-state index in [1.54, 1.807) is 0 Å². The molecule has 0 saturated heterocycles. The average molecular weight is 199 g/mol. The van der Waals surface area contributed by atoms with Gasteiger partial charge in [0.25, 0.3) is 5.24 Å². The van der Waals surface area contributed by atoms with Crippen LogP contribution in [0.5, 0.6) is 0 Å². The summed E-state index contributed by atoms with van der Waals surface area (Å²) in [6.45, 7) is -0.541. The molecule has 12 heavy (non-hydrogen) atoms. The predicted octanol–water partition coefficient (Wildman–Crippen LogP) is -1.78. The smallest absolute Gasteiger partial charge is 0.252 e. The van der Waals surface area contributed by atoms with Crippen molar-refractivity contribution in [3.05, 3.63) is 0 Å². The Kier molecular flexibility index (Phi) is 5.36. The van der Waals surface area contributed by atoms with E-state index in [-0.39, 0.29) is 6.42 Å². The Hall–Kier alpha value is -0.200. The fourth-order valence-corrected chi connectivity index (χ4v) is 0.779. The molecule has 0 aliphatic rings. The van der Waals surface area contributed by atoms with E-state index in [0.29, 0.717) is 0 Å². The first kappa shape index (κ1) is 11.8. The summed E-state index contributed by atoms with van der Waals surface area (Å²) in [5, 5.41) is 33.8. The highest BCUT2D eigenvalue weighted by Crippen LogP contribution is 2.05. The molecule has 5 nitrogen and oxygen atoms in total. The van der Waals surface area contributed by atoms with Gasteiger partial charge in [0.05, 0.1) is 18.8 Å². The Morgan fingerprint density at radius 3 is 2.17 bits per heavy atom. The molecule has 0 aliphatic carbocycles. The lowest BCUT2D eigenvalue weighted by atomic mass is 10.1. The van der Waals surface area contributed by atoms with Crippen LogP contribution in [-0.2, 0) is 4.79 Å². The van der Waals surface area contributed by atoms with Crippen LogP contribution in [0, 0.1) is 0 Å². The van der Waals surface area contributed by atoms with Crippen LogP contribution in [0.4, 0.5) is 0 Å². The molecule has 0 rings (SSSR count). The first-order valence-electron chi connectivity index (χ1n) is 3.33. The molecule has 0 fully saturated rings. The second-order valence-electron chi connectivity index (χ2n) is 2.39. The van der Waals surface area contributed by atoms with Crippen molar-refractivity contribution in [1.82, 2.24) is 0 Å². The largest absolute Gasteiger partial charge is 0.394 e. The zero-order valence-electron chi connectivity index (χ0n) is 6.22. The fourth-order valence-electron chi connectivity index (χ4n) is 0.633. The van der Waals surface area contributed by atoms with Crippen LogP contribution < -0.4 is 0 Å². The van der Waals surface area contributed by atoms with Gasteiger partial charge in [0.15, 0.2) is 6.10 Å². The molecule has 6 heteroatoms. The van der Waals surface area contributed by atoms with E-state index in [1.165, 1.54) is 0 Å². The lowest BCUT2D eigenvalue weighted by molar-refractivity contribution is -0.126. The maximum absolute atomic E-state index is 10.3. The third-order valence-corrected chi connectivity index (χ3v) is 1.54. The first-order valence-corrected chi connectivity index (χ1v) is 3.71. The van der Waals surface area contributed by atoms with Crippen molar-refractivity contribution < 1.29 is 25.2 Å². The Morgan fingerprint density at radius 1 is 1.33 bits per heavy atom. The van der Waals surface area contributed by atoms with Crippen molar-refractivity contribution in [2.75, 3.05) is 6.61 Å². The van der Waals surface area contributed by atoms with E-state index in [1.807, 2.05) is 0 Å². The van der Waals surface area contributed by atoms with Crippen LogP contribution in [0.3, 0.4) is 0 Å². The van der Waals surface area contributed by atoms with Crippen molar-refractivity contribution in [3.63, 3.8) is 0 Å². The second kappa shape index (κ2) is 5.45. The quantitative estimate of drug-likeness (QED) is 0.392. The fraction of sp³-hybridized carbons (Fsp3) is 0.833. The normalized spacial score (nSPS) is 18.4. The van der Waals surface area contributed by atoms with Gasteiger partial charge in [-0.05, 0) is 11.6 Å². The Labute approximate surface area is 74.2 Å².